The van der Waals surface area contributed by atoms with E-state index in [-0.39, 0.29) is 5.56 Å². The van der Waals surface area contributed by atoms with Gasteiger partial charge in [0.25, 0.3) is 0 Å². The molecular weight excluding hydrogens is 421 g/mol. The van der Waals surface area contributed by atoms with Crippen LogP contribution in [0.25, 0.3) is 33.3 Å². The molecule has 0 bridgehead atoms. The van der Waals surface area contributed by atoms with E-state index in [1.807, 2.05) is 44.2 Å². The minimum Gasteiger partial charge on any atom is -0.400 e. The van der Waals surface area contributed by atoms with Gasteiger partial charge < -0.3 is 5.11 Å². The van der Waals surface area contributed by atoms with E-state index in [4.69, 9.17) is 5.11 Å². The van der Waals surface area contributed by atoms with Gasteiger partial charge in [-0.05, 0) is 54.1 Å². The molecule has 7 nitrogen and oxygen atoms in total. The van der Waals surface area contributed by atoms with Crippen LogP contribution in [0.5, 0.6) is 0 Å². The van der Waals surface area contributed by atoms with Crippen molar-refractivity contribution in [3.05, 3.63) is 83.8 Å². The van der Waals surface area contributed by atoms with Crippen molar-refractivity contribution in [2.24, 2.45) is 0 Å². The van der Waals surface area contributed by atoms with Gasteiger partial charge in [-0.1, -0.05) is 31.2 Å². The molecule has 0 saturated heterocycles. The molecule has 5 rings (SSSR count). The summed E-state index contributed by atoms with van der Waals surface area (Å²) in [5.41, 5.74) is 4.53. The summed E-state index contributed by atoms with van der Waals surface area (Å²) < 4.78 is 15.3. The van der Waals surface area contributed by atoms with Crippen LogP contribution in [-0.2, 0) is 6.54 Å². The van der Waals surface area contributed by atoms with Gasteiger partial charge in [0.15, 0.2) is 11.9 Å². The van der Waals surface area contributed by atoms with Crippen LogP contribution >= 0.6 is 0 Å². The minimum atomic E-state index is -0.553. The number of nitrogens with zero attached hydrogens (tertiary/aromatic N) is 5. The molecule has 2 aromatic carbocycles. The first-order valence-corrected chi connectivity index (χ1v) is 10.4. The number of aldehydes is 1. The molecule has 0 radical (unpaired) electrons. The van der Waals surface area contributed by atoms with Crippen molar-refractivity contribution in [2.45, 2.75) is 20.4 Å². The Morgan fingerprint density at radius 2 is 1.79 bits per heavy atom. The maximum atomic E-state index is 13.6. The summed E-state index contributed by atoms with van der Waals surface area (Å²) in [7, 11) is 1.00. The summed E-state index contributed by atoms with van der Waals surface area (Å²) in [4.78, 5) is 20.0. The lowest BCUT2D eigenvalue weighted by Gasteiger charge is -2.06. The molecule has 3 aromatic heterocycles. The molecule has 33 heavy (non-hydrogen) atoms. The van der Waals surface area contributed by atoms with Gasteiger partial charge in [0.05, 0.1) is 23.3 Å². The summed E-state index contributed by atoms with van der Waals surface area (Å²) >= 11 is 0. The molecule has 8 heteroatoms. The highest BCUT2D eigenvalue weighted by molar-refractivity contribution is 5.81. The molecular formula is C25H24FN5O2. The molecule has 168 valence electrons. The molecule has 1 N–H and O–H groups in total. The van der Waals surface area contributed by atoms with Gasteiger partial charge in [-0.3, -0.25) is 9.78 Å². The standard InChI is InChI=1S/C22H14FN5O.C2H6.CH4O/c23-18-5-4-16(11-17(18)13-29)20-7-8-21-22(25-20)28(27-26-21)12-14-3-6-19-15(10-14)2-1-9-24-19;2*1-2/h1-11,13H,12H2;1-2H3;2H,1H3. The first kappa shape index (κ1) is 23.6. The molecule has 3 heterocycles. The van der Waals surface area contributed by atoms with Crippen LogP contribution in [0.2, 0.25) is 0 Å². The fraction of sp³-hybridized carbons (Fsp3) is 0.160. The molecule has 0 aliphatic heterocycles. The van der Waals surface area contributed by atoms with Gasteiger partial charge in [0.1, 0.15) is 11.3 Å². The van der Waals surface area contributed by atoms with Crippen LogP contribution < -0.4 is 0 Å². The average molecular weight is 445 g/mol. The van der Waals surface area contributed by atoms with Gasteiger partial charge in [-0.25, -0.2) is 14.1 Å². The number of aliphatic hydroxyl groups excluding tert-OH is 1. The van der Waals surface area contributed by atoms with Crippen LogP contribution in [0.1, 0.15) is 29.8 Å². The number of hydrogen-bond acceptors (Lipinski definition) is 6. The number of hydrogen-bond donors (Lipinski definition) is 1. The Kier molecular flexibility index (Phi) is 7.88. The first-order valence-electron chi connectivity index (χ1n) is 10.4. The predicted octanol–water partition coefficient (Wildman–Crippen LogP) is 4.68. The van der Waals surface area contributed by atoms with Gasteiger partial charge in [-0.2, -0.15) is 0 Å². The largest absolute Gasteiger partial charge is 0.400 e. The second-order valence-electron chi connectivity index (χ2n) is 6.67. The highest BCUT2D eigenvalue weighted by Gasteiger charge is 2.11. The number of pyridine rings is 2. The molecule has 0 amide bonds. The predicted molar refractivity (Wildman–Crippen MR) is 126 cm³/mol. The van der Waals surface area contributed by atoms with E-state index >= 15 is 0 Å². The van der Waals surface area contributed by atoms with Gasteiger partial charge in [0, 0.05) is 24.3 Å². The SMILES string of the molecule is CC.CO.O=Cc1cc(-c2ccc3nnn(Cc4ccc5ncccc5c4)c3n2)ccc1F. The quantitative estimate of drug-likeness (QED) is 0.404. The zero-order chi connectivity index (χ0) is 23.8. The van der Waals surface area contributed by atoms with Crippen molar-refractivity contribution in [3.63, 3.8) is 0 Å². The third kappa shape index (κ3) is 5.07. The number of benzene rings is 2. The minimum absolute atomic E-state index is 0.000743. The molecule has 0 aliphatic rings. The normalized spacial score (nSPS) is 10.2. The maximum absolute atomic E-state index is 13.6. The monoisotopic (exact) mass is 445 g/mol. The van der Waals surface area contributed by atoms with Crippen LogP contribution in [0.4, 0.5) is 4.39 Å². The molecule has 0 saturated carbocycles. The van der Waals surface area contributed by atoms with E-state index in [0.29, 0.717) is 35.3 Å². The summed E-state index contributed by atoms with van der Waals surface area (Å²) in [6.07, 6.45) is 2.27. The zero-order valence-corrected chi connectivity index (χ0v) is 18.6. The van der Waals surface area contributed by atoms with Crippen LogP contribution in [-0.4, -0.2) is 43.5 Å². The molecule has 0 spiro atoms. The van der Waals surface area contributed by atoms with Crippen molar-refractivity contribution in [1.29, 1.82) is 0 Å². The molecule has 0 atom stereocenters. The molecule has 0 unspecified atom stereocenters. The van der Waals surface area contributed by atoms with E-state index in [2.05, 4.69) is 26.3 Å². The highest BCUT2D eigenvalue weighted by Crippen LogP contribution is 2.23. The Morgan fingerprint density at radius 1 is 1.00 bits per heavy atom. The van der Waals surface area contributed by atoms with Crippen molar-refractivity contribution in [1.82, 2.24) is 25.0 Å². The van der Waals surface area contributed by atoms with Crippen molar-refractivity contribution >= 4 is 28.4 Å². The first-order chi connectivity index (χ1) is 16.2. The van der Waals surface area contributed by atoms with Gasteiger partial charge >= 0.3 is 0 Å². The summed E-state index contributed by atoms with van der Waals surface area (Å²) in [5.74, 6) is -0.553. The second-order valence-corrected chi connectivity index (χ2v) is 6.67. The summed E-state index contributed by atoms with van der Waals surface area (Å²) in [6.45, 7) is 4.50. The van der Waals surface area contributed by atoms with Crippen LogP contribution in [0, 0.1) is 5.82 Å². The fourth-order valence-electron chi connectivity index (χ4n) is 3.31. The van der Waals surface area contributed by atoms with E-state index in [1.54, 1.807) is 23.0 Å². The average Bonchev–Trinajstić information content (AvgIpc) is 3.28. The number of aliphatic hydroxyl groups is 1. The van der Waals surface area contributed by atoms with E-state index in [1.165, 1.54) is 12.1 Å². The topological polar surface area (TPSA) is 93.8 Å². The number of carbonyl (C=O) groups excluding carboxylic acids is 1. The molecule has 0 fully saturated rings. The Morgan fingerprint density at radius 3 is 2.58 bits per heavy atom. The summed E-state index contributed by atoms with van der Waals surface area (Å²) in [6, 6.07) is 17.9. The third-order valence-corrected chi connectivity index (χ3v) is 4.78. The van der Waals surface area contributed by atoms with E-state index in [0.717, 1.165) is 23.6 Å². The van der Waals surface area contributed by atoms with Crippen molar-refractivity contribution in [3.8, 4) is 11.3 Å². The second kappa shape index (κ2) is 11.0. The van der Waals surface area contributed by atoms with Crippen molar-refractivity contribution in [2.75, 3.05) is 7.11 Å². The number of halogens is 1. The zero-order valence-electron chi connectivity index (χ0n) is 18.6. The van der Waals surface area contributed by atoms with Crippen LogP contribution in [0.3, 0.4) is 0 Å². The van der Waals surface area contributed by atoms with E-state index < -0.39 is 5.82 Å². The Bertz CT molecular complexity index is 1380. The van der Waals surface area contributed by atoms with Crippen molar-refractivity contribution < 1.29 is 14.3 Å². The smallest absolute Gasteiger partial charge is 0.179 e. The number of rotatable bonds is 4. The highest BCUT2D eigenvalue weighted by atomic mass is 19.1. The Labute approximate surface area is 190 Å². The third-order valence-electron chi connectivity index (χ3n) is 4.78. The fourth-order valence-corrected chi connectivity index (χ4v) is 3.31. The Balaban J connectivity index is 0.000000728. The number of carbonyl (C=O) groups is 1. The molecule has 0 aliphatic carbocycles. The van der Waals surface area contributed by atoms with Gasteiger partial charge in [0.2, 0.25) is 0 Å². The maximum Gasteiger partial charge on any atom is 0.179 e. The van der Waals surface area contributed by atoms with Gasteiger partial charge in [-0.15, -0.1) is 5.10 Å². The van der Waals surface area contributed by atoms with Crippen LogP contribution in [0.15, 0.2) is 66.9 Å². The summed E-state index contributed by atoms with van der Waals surface area (Å²) in [5, 5.41) is 16.5. The van der Waals surface area contributed by atoms with E-state index in [9.17, 15) is 9.18 Å². The Hall–Kier alpha value is -4.04. The molecule has 5 aromatic rings. The number of fused-ring (bicyclic) bond motifs is 2. The lowest BCUT2D eigenvalue weighted by molar-refractivity contribution is 0.112. The lowest BCUT2D eigenvalue weighted by Crippen LogP contribution is -2.03. The lowest BCUT2D eigenvalue weighted by atomic mass is 10.1. The number of aromatic nitrogens is 5.